The Bertz CT molecular complexity index is 2300. The standard InChI is InChI=1S/C46H61N9O5S/c1-8-54-38-12-11-28-18-30(38)32(42(54)31-19-29(22-47-41(31)27(2)59-7)53-16-14-51(5)15-17-53)21-46(3,4)26-60-45(58)35-10-9-13-55(50-35)44(57)36(20-39-48-37(28)25-61-39)49-43(56)40-33-23-52(6)24-34(33)40/h11-12,18-19,22,25,27,33-36,40,50H,8-10,13-17,20-21,23-24,26H2,1-7H3,(H,49,56)/t27-,33-,34+,35-,36-,40+/m0/s1. The molecule has 326 valence electrons. The van der Waals surface area contributed by atoms with Gasteiger partial charge < -0.3 is 34.1 Å². The fraction of sp³-hybridized carbons (Fsp3) is 0.587. The Hall–Kier alpha value is -4.41. The number of methoxy groups -OCH3 is 1. The van der Waals surface area contributed by atoms with E-state index in [-0.39, 0.29) is 42.8 Å². The first-order chi connectivity index (χ1) is 29.3. The van der Waals surface area contributed by atoms with Gasteiger partial charge in [0.1, 0.15) is 12.1 Å². The zero-order valence-corrected chi connectivity index (χ0v) is 37.5. The molecule has 15 heteroatoms. The second-order valence-corrected chi connectivity index (χ2v) is 19.8. The highest BCUT2D eigenvalue weighted by atomic mass is 32.1. The number of thiazole rings is 1. The summed E-state index contributed by atoms with van der Waals surface area (Å²) in [4.78, 5) is 59.2. The zero-order chi connectivity index (χ0) is 42.7. The lowest BCUT2D eigenvalue weighted by Gasteiger charge is -2.35. The average molecular weight is 852 g/mol. The van der Waals surface area contributed by atoms with Crippen LogP contribution in [-0.4, -0.2) is 133 Å². The van der Waals surface area contributed by atoms with Crippen LogP contribution in [0.25, 0.3) is 33.4 Å². The number of hydrogen-bond acceptors (Lipinski definition) is 12. The highest BCUT2D eigenvalue weighted by Crippen LogP contribution is 2.51. The number of nitrogens with one attached hydrogen (secondary N) is 2. The molecule has 3 saturated heterocycles. The number of amides is 2. The molecule has 4 fully saturated rings. The van der Waals surface area contributed by atoms with Crippen molar-refractivity contribution in [1.82, 2.24) is 40.1 Å². The first-order valence-electron chi connectivity index (χ1n) is 22.1. The maximum absolute atomic E-state index is 14.3. The monoisotopic (exact) mass is 851 g/mol. The fourth-order valence-corrected chi connectivity index (χ4v) is 11.1. The van der Waals surface area contributed by atoms with Crippen molar-refractivity contribution < 1.29 is 23.9 Å². The van der Waals surface area contributed by atoms with Crippen LogP contribution in [0, 0.1) is 23.2 Å². The van der Waals surface area contributed by atoms with E-state index in [1.165, 1.54) is 16.3 Å². The van der Waals surface area contributed by atoms with Gasteiger partial charge >= 0.3 is 5.97 Å². The number of benzene rings is 1. The predicted molar refractivity (Wildman–Crippen MR) is 237 cm³/mol. The summed E-state index contributed by atoms with van der Waals surface area (Å²) in [5.41, 5.74) is 10.9. The van der Waals surface area contributed by atoms with E-state index >= 15 is 0 Å². The quantitative estimate of drug-likeness (QED) is 0.249. The Morgan fingerprint density at radius 3 is 2.59 bits per heavy atom. The van der Waals surface area contributed by atoms with Gasteiger partial charge in [-0.3, -0.25) is 24.4 Å². The number of aryl methyl sites for hydroxylation is 1. The molecule has 0 spiro atoms. The van der Waals surface area contributed by atoms with Crippen LogP contribution in [0.3, 0.4) is 0 Å². The second-order valence-electron chi connectivity index (χ2n) is 18.8. The van der Waals surface area contributed by atoms with Crippen LogP contribution >= 0.6 is 11.3 Å². The minimum atomic E-state index is -0.834. The van der Waals surface area contributed by atoms with Crippen LogP contribution in [0.4, 0.5) is 5.69 Å². The van der Waals surface area contributed by atoms with Gasteiger partial charge in [0.15, 0.2) is 0 Å². The fourth-order valence-electron chi connectivity index (χ4n) is 10.2. The van der Waals surface area contributed by atoms with Gasteiger partial charge in [0.25, 0.3) is 5.91 Å². The average Bonchev–Trinajstić information content (AvgIpc) is 3.54. The number of likely N-dealkylation sites (N-methyl/N-ethyl adjacent to an activating group) is 1. The van der Waals surface area contributed by atoms with Gasteiger partial charge in [-0.25, -0.2) is 10.4 Å². The molecule has 2 N–H and O–H groups in total. The maximum Gasteiger partial charge on any atom is 0.324 e. The molecule has 1 aliphatic carbocycles. The van der Waals surface area contributed by atoms with Gasteiger partial charge in [-0.2, -0.15) is 0 Å². The van der Waals surface area contributed by atoms with Crippen molar-refractivity contribution in [3.63, 3.8) is 0 Å². The summed E-state index contributed by atoms with van der Waals surface area (Å²) < 4.78 is 14.5. The first kappa shape index (κ1) is 41.9. The number of rotatable bonds is 7. The van der Waals surface area contributed by atoms with Gasteiger partial charge in [-0.05, 0) is 82.8 Å². The van der Waals surface area contributed by atoms with Gasteiger partial charge in [0.05, 0.1) is 46.7 Å². The second kappa shape index (κ2) is 16.7. The van der Waals surface area contributed by atoms with Crippen LogP contribution in [-0.2, 0) is 43.2 Å². The molecule has 5 aliphatic rings. The zero-order valence-electron chi connectivity index (χ0n) is 36.7. The Morgan fingerprint density at radius 2 is 1.85 bits per heavy atom. The largest absolute Gasteiger partial charge is 0.464 e. The van der Waals surface area contributed by atoms with Crippen molar-refractivity contribution >= 4 is 45.7 Å². The number of ether oxygens (including phenoxy) is 2. The minimum Gasteiger partial charge on any atom is -0.464 e. The number of cyclic esters (lactones) is 1. The molecule has 61 heavy (non-hydrogen) atoms. The van der Waals surface area contributed by atoms with Gasteiger partial charge in [-0.15, -0.1) is 11.3 Å². The Morgan fingerprint density at radius 1 is 1.08 bits per heavy atom. The summed E-state index contributed by atoms with van der Waals surface area (Å²) in [6.45, 7) is 15.5. The molecule has 0 unspecified atom stereocenters. The van der Waals surface area contributed by atoms with E-state index < -0.39 is 17.5 Å². The number of carbonyl (C=O) groups is 3. The third-order valence-corrected chi connectivity index (χ3v) is 14.6. The molecule has 2 amide bonds. The molecule has 0 radical (unpaired) electrons. The SMILES string of the molecule is CCn1c(-c2cc(N3CCN(C)CC3)cnc2[C@H](C)OC)c2c3cc(ccc31)-c1csc(n1)C[C@H](NC(=O)[C@H]1[C@@H]3CN(C)C[C@@H]31)C(=O)N1CCC[C@H](N1)C(=O)OCC(C)(C)C2. The van der Waals surface area contributed by atoms with E-state index in [4.69, 9.17) is 19.4 Å². The molecular formula is C46H61N9O5S. The number of hydrogen-bond donors (Lipinski definition) is 2. The number of hydrazine groups is 1. The molecule has 1 aromatic carbocycles. The molecule has 4 aliphatic heterocycles. The summed E-state index contributed by atoms with van der Waals surface area (Å²) in [7, 11) is 5.98. The number of anilines is 1. The Labute approximate surface area is 362 Å². The summed E-state index contributed by atoms with van der Waals surface area (Å²) >= 11 is 1.50. The van der Waals surface area contributed by atoms with E-state index in [0.717, 1.165) is 101 Å². The summed E-state index contributed by atoms with van der Waals surface area (Å²) in [6.07, 6.45) is 3.79. The molecule has 14 nitrogen and oxygen atoms in total. The lowest BCUT2D eigenvalue weighted by molar-refractivity contribution is -0.155. The maximum atomic E-state index is 14.3. The van der Waals surface area contributed by atoms with Crippen LogP contribution in [0.5, 0.6) is 0 Å². The Kier molecular flexibility index (Phi) is 11.5. The highest BCUT2D eigenvalue weighted by Gasteiger charge is 2.59. The molecule has 6 bridgehead atoms. The topological polar surface area (TPSA) is 137 Å². The molecule has 7 heterocycles. The molecule has 6 atom stereocenters. The molecule has 3 aromatic heterocycles. The van der Waals surface area contributed by atoms with E-state index in [9.17, 15) is 14.4 Å². The van der Waals surface area contributed by atoms with Crippen LogP contribution < -0.4 is 15.6 Å². The molecule has 1 saturated carbocycles. The molecular weight excluding hydrogens is 791 g/mol. The number of aromatic nitrogens is 3. The van der Waals surface area contributed by atoms with E-state index in [2.05, 4.69) is 101 Å². The van der Waals surface area contributed by atoms with Crippen molar-refractivity contribution in [2.45, 2.75) is 78.1 Å². The lowest BCUT2D eigenvalue weighted by atomic mass is 9.84. The number of pyridine rings is 1. The number of esters is 1. The smallest absolute Gasteiger partial charge is 0.324 e. The molecule has 4 aromatic rings. The summed E-state index contributed by atoms with van der Waals surface area (Å²) in [5.74, 6) is -0.138. The van der Waals surface area contributed by atoms with Crippen LogP contribution in [0.2, 0.25) is 0 Å². The van der Waals surface area contributed by atoms with Crippen molar-refractivity contribution in [2.75, 3.05) is 78.5 Å². The minimum absolute atomic E-state index is 0.0721. The summed E-state index contributed by atoms with van der Waals surface area (Å²) in [6, 6.07) is 7.36. The highest BCUT2D eigenvalue weighted by molar-refractivity contribution is 7.10. The first-order valence-corrected chi connectivity index (χ1v) is 23.0. The molecule has 9 rings (SSSR count). The van der Waals surface area contributed by atoms with Crippen LogP contribution in [0.1, 0.15) is 62.9 Å². The number of piperidine rings is 1. The third-order valence-electron chi connectivity index (χ3n) is 13.8. The lowest BCUT2D eigenvalue weighted by Crippen LogP contribution is -2.60. The van der Waals surface area contributed by atoms with Crippen molar-refractivity contribution in [2.24, 2.45) is 23.2 Å². The van der Waals surface area contributed by atoms with Crippen LogP contribution in [0.15, 0.2) is 35.8 Å². The van der Waals surface area contributed by atoms with E-state index in [0.29, 0.717) is 37.6 Å². The third kappa shape index (κ3) is 8.19. The number of likely N-dealkylation sites (tertiary alicyclic amines) is 1. The number of fused-ring (bicyclic) bond motifs is 7. The van der Waals surface area contributed by atoms with Gasteiger partial charge in [-0.1, -0.05) is 19.9 Å². The van der Waals surface area contributed by atoms with Gasteiger partial charge in [0, 0.05) is 105 Å². The summed E-state index contributed by atoms with van der Waals surface area (Å²) in [5, 5.41) is 8.60. The van der Waals surface area contributed by atoms with Crippen molar-refractivity contribution in [3.05, 3.63) is 52.1 Å². The number of carbonyl (C=O) groups excluding carboxylic acids is 3. The Balaban J connectivity index is 1.14. The van der Waals surface area contributed by atoms with Crippen molar-refractivity contribution in [3.8, 4) is 22.5 Å². The van der Waals surface area contributed by atoms with E-state index in [1.807, 2.05) is 6.20 Å². The predicted octanol–water partition coefficient (Wildman–Crippen LogP) is 4.76. The normalized spacial score (nSPS) is 26.5. The van der Waals surface area contributed by atoms with E-state index in [1.54, 1.807) is 7.11 Å². The van der Waals surface area contributed by atoms with Crippen molar-refractivity contribution in [1.29, 1.82) is 0 Å². The number of nitrogens with zero attached hydrogens (tertiary/aromatic N) is 7. The number of piperazine rings is 1. The van der Waals surface area contributed by atoms with Gasteiger partial charge in [0.2, 0.25) is 5.91 Å².